The highest BCUT2D eigenvalue weighted by molar-refractivity contribution is 6.81. The minimum atomic E-state index is -1.07. The van der Waals surface area contributed by atoms with Crippen LogP contribution in [0, 0.1) is 5.92 Å². The van der Waals surface area contributed by atoms with Crippen molar-refractivity contribution in [2.75, 3.05) is 0 Å². The Balaban J connectivity index is 4.75. The third kappa shape index (κ3) is 1.93. The van der Waals surface area contributed by atoms with Gasteiger partial charge in [0.15, 0.2) is 0 Å². The zero-order chi connectivity index (χ0) is 10.2. The van der Waals surface area contributed by atoms with Crippen LogP contribution in [-0.2, 0) is 0 Å². The van der Waals surface area contributed by atoms with Gasteiger partial charge in [0.25, 0.3) is 0 Å². The molecular weight excluding hydrogens is 160 g/mol. The zero-order valence-electron chi connectivity index (χ0n) is 10.2. The van der Waals surface area contributed by atoms with Crippen molar-refractivity contribution in [3.05, 3.63) is 0 Å². The number of hydrogen-bond acceptors (Lipinski definition) is 0. The van der Waals surface area contributed by atoms with Gasteiger partial charge in [-0.15, -0.1) is 0 Å². The molecule has 0 radical (unpaired) electrons. The summed E-state index contributed by atoms with van der Waals surface area (Å²) in [5, 5.41) is 0.557. The molecule has 0 aromatic heterocycles. The number of hydrogen-bond donors (Lipinski definition) is 0. The molecule has 0 aliphatic heterocycles. The molecule has 0 atom stereocenters. The summed E-state index contributed by atoms with van der Waals surface area (Å²) < 4.78 is 0. The van der Waals surface area contributed by atoms with Gasteiger partial charge in [-0.3, -0.25) is 0 Å². The van der Waals surface area contributed by atoms with Crippen LogP contribution in [-0.4, -0.2) is 8.07 Å². The molecule has 0 N–H and O–H groups in total. The maximum atomic E-state index is 2.53. The second kappa shape index (κ2) is 3.53. The van der Waals surface area contributed by atoms with E-state index in [-0.39, 0.29) is 0 Å². The van der Waals surface area contributed by atoms with Crippen LogP contribution in [0.2, 0.25) is 23.7 Å². The van der Waals surface area contributed by atoms with Crippen LogP contribution in [0.5, 0.6) is 0 Å². The molecule has 0 nitrogen and oxygen atoms in total. The summed E-state index contributed by atoms with van der Waals surface area (Å²) in [6, 6.07) is 0. The lowest BCUT2D eigenvalue weighted by Gasteiger charge is -2.46. The smallest absolute Gasteiger partial charge is 0.0558 e. The molecule has 0 aliphatic rings. The maximum absolute atomic E-state index is 2.53. The molecule has 0 bridgehead atoms. The Morgan fingerprint density at radius 2 is 1.25 bits per heavy atom. The summed E-state index contributed by atoms with van der Waals surface area (Å²) in [7, 11) is -1.07. The van der Waals surface area contributed by atoms with Gasteiger partial charge in [-0.05, 0) is 11.0 Å². The summed E-state index contributed by atoms with van der Waals surface area (Å²) >= 11 is 0. The van der Waals surface area contributed by atoms with Gasteiger partial charge in [0.05, 0.1) is 8.07 Å². The highest BCUT2D eigenvalue weighted by Crippen LogP contribution is 2.48. The molecule has 0 aromatic rings. The van der Waals surface area contributed by atoms with E-state index < -0.39 is 8.07 Å². The highest BCUT2D eigenvalue weighted by atomic mass is 28.3. The van der Waals surface area contributed by atoms with Gasteiger partial charge in [-0.25, -0.2) is 0 Å². The van der Waals surface area contributed by atoms with Crippen molar-refractivity contribution in [1.82, 2.24) is 0 Å². The lowest BCUT2D eigenvalue weighted by atomic mass is 9.99. The maximum Gasteiger partial charge on any atom is 0.0558 e. The molecular formula is C11H26Si. The normalized spacial score (nSPS) is 14.5. The van der Waals surface area contributed by atoms with E-state index in [0.29, 0.717) is 5.04 Å². The summed E-state index contributed by atoms with van der Waals surface area (Å²) in [4.78, 5) is 0. The van der Waals surface area contributed by atoms with E-state index in [1.54, 1.807) is 0 Å². The predicted molar refractivity (Wildman–Crippen MR) is 61.5 cm³/mol. The van der Waals surface area contributed by atoms with E-state index >= 15 is 0 Å². The quantitative estimate of drug-likeness (QED) is 0.568. The first-order valence-corrected chi connectivity index (χ1v) is 8.21. The standard InChI is InChI=1S/C11H26Si/c1-9(2)11(5,6)12(7,8)10(3)4/h9-10H,1-8H3. The van der Waals surface area contributed by atoms with Crippen LogP contribution >= 0.6 is 0 Å². The van der Waals surface area contributed by atoms with Crippen molar-refractivity contribution in [2.24, 2.45) is 5.92 Å². The minimum absolute atomic E-state index is 0.557. The van der Waals surface area contributed by atoms with Crippen molar-refractivity contribution in [2.45, 2.75) is 65.2 Å². The molecule has 0 saturated carbocycles. The molecule has 0 aliphatic carbocycles. The summed E-state index contributed by atoms with van der Waals surface area (Å²) in [5.74, 6) is 0.807. The van der Waals surface area contributed by atoms with Gasteiger partial charge in [-0.1, -0.05) is 60.2 Å². The Morgan fingerprint density at radius 1 is 0.917 bits per heavy atom. The Kier molecular flexibility index (Phi) is 3.59. The molecule has 0 heterocycles. The average Bonchev–Trinajstić information content (AvgIpc) is 1.86. The van der Waals surface area contributed by atoms with Crippen molar-refractivity contribution < 1.29 is 0 Å². The molecule has 0 aromatic carbocycles. The van der Waals surface area contributed by atoms with Crippen LogP contribution < -0.4 is 0 Å². The lowest BCUT2D eigenvalue weighted by Crippen LogP contribution is -2.44. The van der Waals surface area contributed by atoms with Crippen LogP contribution in [0.4, 0.5) is 0 Å². The first-order valence-electron chi connectivity index (χ1n) is 5.14. The van der Waals surface area contributed by atoms with E-state index in [9.17, 15) is 0 Å². The molecule has 0 fully saturated rings. The van der Waals surface area contributed by atoms with Gasteiger partial charge in [0, 0.05) is 0 Å². The van der Waals surface area contributed by atoms with E-state index in [1.807, 2.05) is 0 Å². The van der Waals surface area contributed by atoms with Crippen LogP contribution in [0.15, 0.2) is 0 Å². The molecule has 1 heteroatoms. The van der Waals surface area contributed by atoms with Gasteiger partial charge in [-0.2, -0.15) is 0 Å². The third-order valence-corrected chi connectivity index (χ3v) is 11.3. The van der Waals surface area contributed by atoms with Crippen molar-refractivity contribution >= 4 is 8.07 Å². The Hall–Kier alpha value is 0.217. The molecule has 0 rings (SSSR count). The molecule has 0 unspecified atom stereocenters. The van der Waals surface area contributed by atoms with Crippen molar-refractivity contribution in [1.29, 1.82) is 0 Å². The summed E-state index contributed by atoms with van der Waals surface area (Å²) in [5.41, 5.74) is 0.884. The monoisotopic (exact) mass is 186 g/mol. The summed E-state index contributed by atoms with van der Waals surface area (Å²) in [6.45, 7) is 19.4. The van der Waals surface area contributed by atoms with Crippen molar-refractivity contribution in [3.63, 3.8) is 0 Å². The fourth-order valence-corrected chi connectivity index (χ4v) is 4.46. The SMILES string of the molecule is CC(C)C(C)(C)[Si](C)(C)C(C)C. The molecule has 0 amide bonds. The largest absolute Gasteiger partial charge is 0.0688 e. The Morgan fingerprint density at radius 3 is 1.33 bits per heavy atom. The van der Waals surface area contributed by atoms with E-state index in [0.717, 1.165) is 11.5 Å². The first kappa shape index (κ1) is 12.2. The second-order valence-electron chi connectivity index (χ2n) is 5.75. The zero-order valence-corrected chi connectivity index (χ0v) is 11.2. The third-order valence-electron chi connectivity index (χ3n) is 4.55. The van der Waals surface area contributed by atoms with Crippen LogP contribution in [0.25, 0.3) is 0 Å². The predicted octanol–water partition coefficient (Wildman–Crippen LogP) is 4.54. The Bertz CT molecular complexity index is 125. The number of rotatable bonds is 3. The van der Waals surface area contributed by atoms with E-state index in [1.165, 1.54) is 0 Å². The molecule has 74 valence electrons. The van der Waals surface area contributed by atoms with Gasteiger partial charge >= 0.3 is 0 Å². The van der Waals surface area contributed by atoms with Gasteiger partial charge in [0.1, 0.15) is 0 Å². The lowest BCUT2D eigenvalue weighted by molar-refractivity contribution is 0.452. The van der Waals surface area contributed by atoms with Gasteiger partial charge in [0.2, 0.25) is 0 Å². The first-order chi connectivity index (χ1) is 5.14. The fraction of sp³-hybridized carbons (Fsp3) is 1.00. The second-order valence-corrected chi connectivity index (χ2v) is 11.6. The Labute approximate surface area is 79.8 Å². The summed E-state index contributed by atoms with van der Waals surface area (Å²) in [6.07, 6.45) is 0. The highest BCUT2D eigenvalue weighted by Gasteiger charge is 2.42. The van der Waals surface area contributed by atoms with Crippen LogP contribution in [0.1, 0.15) is 41.5 Å². The van der Waals surface area contributed by atoms with E-state index in [2.05, 4.69) is 54.6 Å². The topological polar surface area (TPSA) is 0 Å². The van der Waals surface area contributed by atoms with Crippen molar-refractivity contribution in [3.8, 4) is 0 Å². The van der Waals surface area contributed by atoms with Gasteiger partial charge < -0.3 is 0 Å². The minimum Gasteiger partial charge on any atom is -0.0688 e. The fourth-order valence-electron chi connectivity index (χ4n) is 1.49. The average molecular weight is 186 g/mol. The molecule has 0 spiro atoms. The van der Waals surface area contributed by atoms with E-state index in [4.69, 9.17) is 0 Å². The van der Waals surface area contributed by atoms with Crippen LogP contribution in [0.3, 0.4) is 0 Å². The molecule has 0 saturated heterocycles. The molecule has 12 heavy (non-hydrogen) atoms.